The molecule has 21 heteroatoms. The van der Waals surface area contributed by atoms with Crippen LogP contribution in [-0.4, -0.2) is 118 Å². The second kappa shape index (κ2) is 77.7. The fourth-order valence-corrected chi connectivity index (χ4v) is 0. The third-order valence-electron chi connectivity index (χ3n) is 0.516. The molecule has 0 heterocycles. The van der Waals surface area contributed by atoms with E-state index >= 15 is 0 Å². The Morgan fingerprint density at radius 2 is 0.455 bits per heavy atom. The van der Waals surface area contributed by atoms with Crippen molar-refractivity contribution in [3.05, 3.63) is 0 Å². The van der Waals surface area contributed by atoms with Crippen LogP contribution in [0.1, 0.15) is 0 Å². The number of aliphatic hydroxyl groups is 8. The molecule has 0 aliphatic carbocycles. The first kappa shape index (κ1) is 57.8. The average Bonchev–Trinajstić information content (AvgIpc) is 2.71. The number of rotatable bonds is 4. The van der Waals surface area contributed by atoms with Gasteiger partial charge in [0.15, 0.2) is 0 Å². The number of carbonyl (C=O) groups is 4. The smallest absolute Gasteiger partial charge is 0.548 e. The topological polar surface area (TPSA) is 426 Å². The maximum Gasteiger partial charge on any atom is 4.00 e. The van der Waals surface area contributed by atoms with E-state index in [0.717, 1.165) is 0 Å². The van der Waals surface area contributed by atoms with Crippen LogP contribution in [0.2, 0.25) is 0 Å². The molecule has 0 bridgehead atoms. The van der Waals surface area contributed by atoms with Crippen molar-refractivity contribution in [2.45, 2.75) is 0 Å². The van der Waals surface area contributed by atoms with E-state index < -0.39 is 50.3 Å². The molecule has 20 nitrogen and oxygen atoms in total. The van der Waals surface area contributed by atoms with Crippen molar-refractivity contribution in [2.24, 2.45) is 22.9 Å². The summed E-state index contributed by atoms with van der Waals surface area (Å²) < 4.78 is 0. The zero-order chi connectivity index (χ0) is 28.0. The van der Waals surface area contributed by atoms with Gasteiger partial charge in [-0.25, -0.2) is 0 Å². The van der Waals surface area contributed by atoms with Gasteiger partial charge in [0.25, 0.3) is 0 Å². The Hall–Kier alpha value is -1.72. The predicted octanol–water partition coefficient (Wildman–Crippen LogP) is -13.5. The largest absolute Gasteiger partial charge is 4.00 e. The maximum absolute atomic E-state index is 9.01. The molecule has 0 radical (unpaired) electrons. The molecule has 0 aromatic rings. The van der Waals surface area contributed by atoms with Crippen LogP contribution >= 0.6 is 0 Å². The van der Waals surface area contributed by atoms with Gasteiger partial charge in [0.05, 0.1) is 77.2 Å². The van der Waals surface area contributed by atoms with Crippen LogP contribution < -0.4 is 43.4 Å². The zero-order valence-corrected chi connectivity index (χ0v) is 19.8. The van der Waals surface area contributed by atoms with Crippen molar-refractivity contribution in [1.82, 2.24) is 0 Å². The molecule has 0 saturated heterocycles. The number of carbonyl (C=O) groups excluding carboxylic acids is 4. The first-order valence-electron chi connectivity index (χ1n) is 7.21. The Bertz CT molecular complexity index is 291. The molecule has 0 aliphatic heterocycles. The van der Waals surface area contributed by atoms with Crippen molar-refractivity contribution in [3.8, 4) is 0 Å². The van der Waals surface area contributed by atoms with Gasteiger partial charge in [-0.1, -0.05) is 0 Å². The van der Waals surface area contributed by atoms with Gasteiger partial charge in [0.2, 0.25) is 0 Å². The third-order valence-corrected chi connectivity index (χ3v) is 0.516. The van der Waals surface area contributed by atoms with Gasteiger partial charge < -0.3 is 103 Å². The van der Waals surface area contributed by atoms with Crippen LogP contribution in [-0.2, 0) is 45.4 Å². The minimum atomic E-state index is -1.44. The Balaban J connectivity index is -0.0000000287. The Labute approximate surface area is 207 Å². The first-order valence-corrected chi connectivity index (χ1v) is 7.21. The molecule has 0 spiro atoms. The number of hydrogen-bond acceptors (Lipinski definition) is 20. The molecule has 0 fully saturated rings. The quantitative estimate of drug-likeness (QED) is 0.137. The third kappa shape index (κ3) is 614. The SMILES string of the molecule is NCO.NCO.NCO.NCO.O=C([O-])CO.O=C([O-])CO.O=C([O-])CO.O=C([O-])CO.[Zr+4]. The summed E-state index contributed by atoms with van der Waals surface area (Å²) in [6.45, 7) is -4.56. The molecular weight excluding hydrogens is 547 g/mol. The fourth-order valence-electron chi connectivity index (χ4n) is 0. The van der Waals surface area contributed by atoms with E-state index in [1.165, 1.54) is 0 Å². The first-order chi connectivity index (χ1) is 14.7. The van der Waals surface area contributed by atoms with Gasteiger partial charge in [-0.3, -0.25) is 0 Å². The van der Waals surface area contributed by atoms with Crippen LogP contribution in [0.5, 0.6) is 0 Å². The molecule has 0 aliphatic rings. The van der Waals surface area contributed by atoms with Crippen LogP contribution in [0.4, 0.5) is 0 Å². The van der Waals surface area contributed by atoms with Crippen LogP contribution in [0.15, 0.2) is 0 Å². The van der Waals surface area contributed by atoms with Gasteiger partial charge in [-0.15, -0.1) is 0 Å². The summed E-state index contributed by atoms with van der Waals surface area (Å²) in [7, 11) is 0. The standard InChI is InChI=1S/4C2H4O3.4CH5NO.Zr/c4*3-1-2(4)5;4*2-1-3;/h4*3H,1H2,(H,4,5);4*3H,1-2H2;/q;;;;;;;;+4/p-4. The molecule has 200 valence electrons. The molecule has 33 heavy (non-hydrogen) atoms. The Kier molecular flexibility index (Phi) is 136. The number of aliphatic hydroxyl groups excluding tert-OH is 8. The summed E-state index contributed by atoms with van der Waals surface area (Å²) >= 11 is 0. The van der Waals surface area contributed by atoms with E-state index in [1.54, 1.807) is 0 Å². The van der Waals surface area contributed by atoms with E-state index in [0.29, 0.717) is 0 Å². The number of carboxylic acid groups (broad SMARTS) is 4. The molecule has 0 rings (SSSR count). The Morgan fingerprint density at radius 1 is 0.424 bits per heavy atom. The number of nitrogens with two attached hydrogens (primary N) is 4. The van der Waals surface area contributed by atoms with E-state index in [4.69, 9.17) is 80.5 Å². The van der Waals surface area contributed by atoms with Crippen molar-refractivity contribution < 1.29 is 107 Å². The van der Waals surface area contributed by atoms with E-state index in [2.05, 4.69) is 22.9 Å². The van der Waals surface area contributed by atoms with E-state index in [1.807, 2.05) is 0 Å². The van der Waals surface area contributed by atoms with E-state index in [9.17, 15) is 0 Å². The number of aliphatic carboxylic acids is 4. The molecule has 0 aromatic heterocycles. The molecule has 0 atom stereocenters. The van der Waals surface area contributed by atoms with Gasteiger partial charge >= 0.3 is 26.2 Å². The average molecular weight is 580 g/mol. The summed E-state index contributed by atoms with van der Waals surface area (Å²) in [5.74, 6) is -5.76. The van der Waals surface area contributed by atoms with Crippen molar-refractivity contribution in [3.63, 3.8) is 0 Å². The fraction of sp³-hybridized carbons (Fsp3) is 0.667. The monoisotopic (exact) mass is 578 g/mol. The summed E-state index contributed by atoms with van der Waals surface area (Å²) in [4.78, 5) is 36.0. The number of carboxylic acids is 4. The van der Waals surface area contributed by atoms with E-state index in [-0.39, 0.29) is 53.1 Å². The normalized spacial score (nSPS) is 6.67. The van der Waals surface area contributed by atoms with Crippen molar-refractivity contribution in [2.75, 3.05) is 53.4 Å². The molecule has 0 aromatic carbocycles. The number of hydrogen-bond donors (Lipinski definition) is 12. The van der Waals surface area contributed by atoms with Gasteiger partial charge in [-0.2, -0.15) is 0 Å². The molecule has 0 saturated carbocycles. The summed E-state index contributed by atoms with van der Waals surface area (Å²) in [5, 5.41) is 95.3. The second-order valence-electron chi connectivity index (χ2n) is 2.85. The minimum absolute atomic E-state index is 0. The van der Waals surface area contributed by atoms with Crippen LogP contribution in [0.3, 0.4) is 0 Å². The summed E-state index contributed by atoms with van der Waals surface area (Å²) in [6, 6.07) is 0. The van der Waals surface area contributed by atoms with Crippen molar-refractivity contribution in [1.29, 1.82) is 0 Å². The van der Waals surface area contributed by atoms with Gasteiger partial charge in [-0.05, 0) is 0 Å². The second-order valence-corrected chi connectivity index (χ2v) is 2.85. The molecule has 0 amide bonds. The molecule has 16 N–H and O–H groups in total. The molecular formula is C12H32N4O16Zr. The van der Waals surface area contributed by atoms with Gasteiger partial charge in [0, 0.05) is 0 Å². The van der Waals surface area contributed by atoms with Crippen LogP contribution in [0.25, 0.3) is 0 Å². The van der Waals surface area contributed by atoms with Crippen molar-refractivity contribution >= 4 is 23.9 Å². The predicted molar refractivity (Wildman–Crippen MR) is 93.5 cm³/mol. The van der Waals surface area contributed by atoms with Crippen LogP contribution in [0, 0.1) is 0 Å². The minimum Gasteiger partial charge on any atom is -0.548 e. The summed E-state index contributed by atoms with van der Waals surface area (Å²) in [5.41, 5.74) is 17.6. The van der Waals surface area contributed by atoms with Gasteiger partial charge in [0.1, 0.15) is 0 Å². The maximum atomic E-state index is 9.01. The summed E-state index contributed by atoms with van der Waals surface area (Å²) in [6.07, 6.45) is 0. The zero-order valence-electron chi connectivity index (χ0n) is 17.3. The molecule has 0 unspecified atom stereocenters. The Morgan fingerprint density at radius 3 is 0.455 bits per heavy atom.